The Hall–Kier alpha value is -2.01. The SMILES string of the molecule is NCc1ccnc(Oc2cccnc2)n1. The van der Waals surface area contributed by atoms with Crippen LogP contribution in [0.15, 0.2) is 36.8 Å². The highest BCUT2D eigenvalue weighted by Crippen LogP contribution is 2.14. The number of rotatable bonds is 3. The van der Waals surface area contributed by atoms with Crippen molar-refractivity contribution in [1.82, 2.24) is 15.0 Å². The van der Waals surface area contributed by atoms with Crippen LogP contribution in [0.5, 0.6) is 11.8 Å². The lowest BCUT2D eigenvalue weighted by Crippen LogP contribution is -2.01. The highest BCUT2D eigenvalue weighted by atomic mass is 16.5. The minimum absolute atomic E-state index is 0.283. The lowest BCUT2D eigenvalue weighted by molar-refractivity contribution is 0.437. The molecule has 2 aromatic rings. The monoisotopic (exact) mass is 202 g/mol. The summed E-state index contributed by atoms with van der Waals surface area (Å²) in [5.41, 5.74) is 6.19. The number of pyridine rings is 1. The predicted molar refractivity (Wildman–Crippen MR) is 54.2 cm³/mol. The van der Waals surface area contributed by atoms with E-state index in [2.05, 4.69) is 15.0 Å². The molecular formula is C10H10N4O. The van der Waals surface area contributed by atoms with Crippen molar-refractivity contribution < 1.29 is 4.74 Å². The first-order valence-electron chi connectivity index (χ1n) is 4.48. The summed E-state index contributed by atoms with van der Waals surface area (Å²) in [5.74, 6) is 0.603. The largest absolute Gasteiger partial charge is 0.423 e. The van der Waals surface area contributed by atoms with Crippen LogP contribution in [-0.2, 0) is 6.54 Å². The van der Waals surface area contributed by atoms with E-state index in [-0.39, 0.29) is 6.01 Å². The van der Waals surface area contributed by atoms with Crippen molar-refractivity contribution in [3.05, 3.63) is 42.5 Å². The normalized spacial score (nSPS) is 9.93. The maximum absolute atomic E-state index is 5.45. The molecule has 0 spiro atoms. The summed E-state index contributed by atoms with van der Waals surface area (Å²) in [6, 6.07) is 5.59. The molecule has 0 aliphatic carbocycles. The lowest BCUT2D eigenvalue weighted by Gasteiger charge is -2.03. The van der Waals surface area contributed by atoms with E-state index in [9.17, 15) is 0 Å². The second kappa shape index (κ2) is 4.47. The first-order valence-corrected chi connectivity index (χ1v) is 4.48. The summed E-state index contributed by atoms with van der Waals surface area (Å²) < 4.78 is 5.38. The van der Waals surface area contributed by atoms with Gasteiger partial charge in [-0.1, -0.05) is 0 Å². The molecule has 76 valence electrons. The van der Waals surface area contributed by atoms with Crippen LogP contribution in [0.25, 0.3) is 0 Å². The summed E-state index contributed by atoms with van der Waals surface area (Å²) in [6.07, 6.45) is 4.88. The van der Waals surface area contributed by atoms with Crippen molar-refractivity contribution >= 4 is 0 Å². The average Bonchev–Trinajstić information content (AvgIpc) is 2.31. The quantitative estimate of drug-likeness (QED) is 0.807. The minimum Gasteiger partial charge on any atom is -0.423 e. The Morgan fingerprint density at radius 3 is 2.93 bits per heavy atom. The Morgan fingerprint density at radius 1 is 1.27 bits per heavy atom. The van der Waals surface area contributed by atoms with Gasteiger partial charge in [0.1, 0.15) is 5.75 Å². The molecule has 5 nitrogen and oxygen atoms in total. The molecule has 15 heavy (non-hydrogen) atoms. The molecule has 0 fully saturated rings. The fraction of sp³-hybridized carbons (Fsp3) is 0.100. The Morgan fingerprint density at radius 2 is 2.20 bits per heavy atom. The maximum Gasteiger partial charge on any atom is 0.322 e. The Bertz CT molecular complexity index is 432. The predicted octanol–water partition coefficient (Wildman–Crippen LogP) is 1.12. The number of ether oxygens (including phenoxy) is 1. The molecular weight excluding hydrogens is 192 g/mol. The number of aromatic nitrogens is 3. The van der Waals surface area contributed by atoms with Gasteiger partial charge in [0, 0.05) is 18.9 Å². The minimum atomic E-state index is 0.283. The van der Waals surface area contributed by atoms with Gasteiger partial charge in [0.2, 0.25) is 0 Å². The molecule has 0 aliphatic rings. The molecule has 2 rings (SSSR count). The first-order chi connectivity index (χ1) is 7.38. The molecule has 0 aliphatic heterocycles. The molecule has 0 saturated carbocycles. The van der Waals surface area contributed by atoms with E-state index in [1.807, 2.05) is 0 Å². The van der Waals surface area contributed by atoms with E-state index in [0.29, 0.717) is 12.3 Å². The summed E-state index contributed by atoms with van der Waals surface area (Å²) in [4.78, 5) is 12.0. The Labute approximate surface area is 87.0 Å². The van der Waals surface area contributed by atoms with Crippen LogP contribution < -0.4 is 10.5 Å². The third kappa shape index (κ3) is 2.47. The molecule has 2 aromatic heterocycles. The molecule has 0 radical (unpaired) electrons. The van der Waals surface area contributed by atoms with Crippen molar-refractivity contribution in [3.63, 3.8) is 0 Å². The molecule has 0 saturated heterocycles. The zero-order chi connectivity index (χ0) is 10.5. The standard InChI is InChI=1S/C10H10N4O/c11-6-8-3-5-13-10(14-8)15-9-2-1-4-12-7-9/h1-5,7H,6,11H2. The van der Waals surface area contributed by atoms with Gasteiger partial charge in [0.05, 0.1) is 11.9 Å². The fourth-order valence-electron chi connectivity index (χ4n) is 1.05. The summed E-state index contributed by atoms with van der Waals surface area (Å²) in [7, 11) is 0. The molecule has 0 atom stereocenters. The van der Waals surface area contributed by atoms with E-state index in [1.54, 1.807) is 36.8 Å². The van der Waals surface area contributed by atoms with E-state index in [1.165, 1.54) is 0 Å². The van der Waals surface area contributed by atoms with Crippen LogP contribution in [0.1, 0.15) is 5.69 Å². The van der Waals surface area contributed by atoms with E-state index in [0.717, 1.165) is 5.69 Å². The van der Waals surface area contributed by atoms with Crippen LogP contribution in [0.3, 0.4) is 0 Å². The zero-order valence-electron chi connectivity index (χ0n) is 8.00. The summed E-state index contributed by atoms with van der Waals surface area (Å²) in [6.45, 7) is 0.367. The highest BCUT2D eigenvalue weighted by molar-refractivity contribution is 5.20. The van der Waals surface area contributed by atoms with E-state index >= 15 is 0 Å². The fourth-order valence-corrected chi connectivity index (χ4v) is 1.05. The van der Waals surface area contributed by atoms with Gasteiger partial charge in [0.15, 0.2) is 0 Å². The van der Waals surface area contributed by atoms with Crippen molar-refractivity contribution in [3.8, 4) is 11.8 Å². The molecule has 0 aromatic carbocycles. The Balaban J connectivity index is 2.17. The average molecular weight is 202 g/mol. The van der Waals surface area contributed by atoms with Gasteiger partial charge < -0.3 is 10.5 Å². The van der Waals surface area contributed by atoms with E-state index in [4.69, 9.17) is 10.5 Å². The van der Waals surface area contributed by atoms with E-state index < -0.39 is 0 Å². The van der Waals surface area contributed by atoms with Crippen molar-refractivity contribution in [2.75, 3.05) is 0 Å². The second-order valence-corrected chi connectivity index (χ2v) is 2.83. The van der Waals surface area contributed by atoms with Gasteiger partial charge in [-0.2, -0.15) is 4.98 Å². The third-order valence-corrected chi connectivity index (χ3v) is 1.74. The number of hydrogen-bond acceptors (Lipinski definition) is 5. The van der Waals surface area contributed by atoms with Crippen LogP contribution in [-0.4, -0.2) is 15.0 Å². The summed E-state index contributed by atoms with van der Waals surface area (Å²) in [5, 5.41) is 0. The summed E-state index contributed by atoms with van der Waals surface area (Å²) >= 11 is 0. The molecule has 2 heterocycles. The second-order valence-electron chi connectivity index (χ2n) is 2.83. The first kappa shape index (κ1) is 9.54. The van der Waals surface area contributed by atoms with Crippen LogP contribution in [0.4, 0.5) is 0 Å². The van der Waals surface area contributed by atoms with Crippen molar-refractivity contribution in [2.24, 2.45) is 5.73 Å². The van der Waals surface area contributed by atoms with Gasteiger partial charge in [-0.05, 0) is 18.2 Å². The van der Waals surface area contributed by atoms with Crippen LogP contribution >= 0.6 is 0 Å². The van der Waals surface area contributed by atoms with Gasteiger partial charge in [-0.25, -0.2) is 4.98 Å². The van der Waals surface area contributed by atoms with Crippen molar-refractivity contribution in [1.29, 1.82) is 0 Å². The number of hydrogen-bond donors (Lipinski definition) is 1. The smallest absolute Gasteiger partial charge is 0.322 e. The zero-order valence-corrected chi connectivity index (χ0v) is 8.00. The molecule has 2 N–H and O–H groups in total. The highest BCUT2D eigenvalue weighted by Gasteiger charge is 2.00. The maximum atomic E-state index is 5.45. The third-order valence-electron chi connectivity index (χ3n) is 1.74. The molecule has 5 heteroatoms. The van der Waals surface area contributed by atoms with Gasteiger partial charge in [-0.3, -0.25) is 4.98 Å². The van der Waals surface area contributed by atoms with Crippen LogP contribution in [0.2, 0.25) is 0 Å². The van der Waals surface area contributed by atoms with Crippen LogP contribution in [0, 0.1) is 0 Å². The molecule has 0 amide bonds. The van der Waals surface area contributed by atoms with Gasteiger partial charge >= 0.3 is 6.01 Å². The molecule has 0 unspecified atom stereocenters. The van der Waals surface area contributed by atoms with Gasteiger partial charge in [-0.15, -0.1) is 0 Å². The van der Waals surface area contributed by atoms with Crippen molar-refractivity contribution in [2.45, 2.75) is 6.54 Å². The molecule has 0 bridgehead atoms. The number of nitrogens with zero attached hydrogens (tertiary/aromatic N) is 3. The number of nitrogens with two attached hydrogens (primary N) is 1. The lowest BCUT2D eigenvalue weighted by atomic mass is 10.4. The Kier molecular flexibility index (Phi) is 2.85. The van der Waals surface area contributed by atoms with Gasteiger partial charge in [0.25, 0.3) is 0 Å². The topological polar surface area (TPSA) is 73.9 Å².